The molecule has 16 heavy (non-hydrogen) atoms. The van der Waals surface area contributed by atoms with Crippen LogP contribution in [0, 0.1) is 0 Å². The third-order valence-electron chi connectivity index (χ3n) is 4.10. The predicted octanol–water partition coefficient (Wildman–Crippen LogP) is 2.62. The molecular formula is C14H14N2. The molecule has 0 saturated carbocycles. The molecule has 1 saturated heterocycles. The zero-order chi connectivity index (χ0) is 10.5. The third kappa shape index (κ3) is 1.03. The van der Waals surface area contributed by atoms with Gasteiger partial charge in [0.25, 0.3) is 0 Å². The number of hydrogen-bond donors (Lipinski definition) is 1. The Bertz CT molecular complexity index is 524. The number of hydrogen-bond acceptors (Lipinski definition) is 2. The van der Waals surface area contributed by atoms with Crippen LogP contribution in [0.15, 0.2) is 23.2 Å². The maximum atomic E-state index is 4.40. The summed E-state index contributed by atoms with van der Waals surface area (Å²) in [6.45, 7) is 1.17. The molecule has 1 N–H and O–H groups in total. The second kappa shape index (κ2) is 3.07. The fourth-order valence-corrected chi connectivity index (χ4v) is 3.38. The summed E-state index contributed by atoms with van der Waals surface area (Å²) in [5.41, 5.74) is 5.36. The Balaban J connectivity index is 1.93. The van der Waals surface area contributed by atoms with Gasteiger partial charge in [-0.15, -0.1) is 0 Å². The van der Waals surface area contributed by atoms with Crippen LogP contribution in [0.4, 0.5) is 5.69 Å². The van der Waals surface area contributed by atoms with Gasteiger partial charge in [-0.2, -0.15) is 0 Å². The van der Waals surface area contributed by atoms with Crippen LogP contribution in [0.5, 0.6) is 0 Å². The Morgan fingerprint density at radius 2 is 2.38 bits per heavy atom. The van der Waals surface area contributed by atoms with Crippen LogP contribution < -0.4 is 5.32 Å². The highest BCUT2D eigenvalue weighted by Crippen LogP contribution is 2.46. The summed E-state index contributed by atoms with van der Waals surface area (Å²) in [5.74, 6) is 3.90. The number of piperidine rings is 1. The van der Waals surface area contributed by atoms with E-state index in [0.717, 1.165) is 12.1 Å². The Morgan fingerprint density at radius 1 is 1.38 bits per heavy atom. The molecule has 2 heteroatoms. The Kier molecular flexibility index (Phi) is 1.68. The first-order valence-electron chi connectivity index (χ1n) is 6.13. The number of nitrogens with one attached hydrogen (secondary N) is 1. The van der Waals surface area contributed by atoms with Crippen molar-refractivity contribution in [1.82, 2.24) is 5.32 Å². The van der Waals surface area contributed by atoms with E-state index in [1.807, 2.05) is 0 Å². The molecule has 0 radical (unpaired) electrons. The van der Waals surface area contributed by atoms with Gasteiger partial charge in [-0.05, 0) is 43.3 Å². The number of fused-ring (bicyclic) bond motifs is 2. The van der Waals surface area contributed by atoms with Gasteiger partial charge < -0.3 is 5.32 Å². The van der Waals surface area contributed by atoms with Gasteiger partial charge in [0.1, 0.15) is 0 Å². The fraction of sp³-hybridized carbons (Fsp3) is 0.429. The molecule has 1 aliphatic carbocycles. The molecule has 1 aromatic carbocycles. The molecule has 2 heterocycles. The summed E-state index contributed by atoms with van der Waals surface area (Å²) in [5, 5.41) is 3.65. The lowest BCUT2D eigenvalue weighted by Crippen LogP contribution is -2.42. The molecule has 1 fully saturated rings. The van der Waals surface area contributed by atoms with Crippen LogP contribution >= 0.6 is 0 Å². The lowest BCUT2D eigenvalue weighted by atomic mass is 9.73. The highest BCUT2D eigenvalue weighted by atomic mass is 14.9. The average Bonchev–Trinajstić information content (AvgIpc) is 2.75. The summed E-state index contributed by atoms with van der Waals surface area (Å²) >= 11 is 0. The van der Waals surface area contributed by atoms with Crippen molar-refractivity contribution in [3.63, 3.8) is 0 Å². The maximum absolute atomic E-state index is 4.40. The van der Waals surface area contributed by atoms with E-state index in [4.69, 9.17) is 0 Å². The van der Waals surface area contributed by atoms with E-state index in [-0.39, 0.29) is 0 Å². The summed E-state index contributed by atoms with van der Waals surface area (Å²) < 4.78 is 0. The van der Waals surface area contributed by atoms with Gasteiger partial charge in [-0.25, -0.2) is 4.99 Å². The van der Waals surface area contributed by atoms with E-state index in [1.54, 1.807) is 0 Å². The van der Waals surface area contributed by atoms with E-state index in [0.29, 0.717) is 12.0 Å². The smallest absolute Gasteiger partial charge is 0.0814 e. The van der Waals surface area contributed by atoms with Gasteiger partial charge in [-0.1, -0.05) is 12.1 Å². The van der Waals surface area contributed by atoms with Gasteiger partial charge in [-0.3, -0.25) is 0 Å². The van der Waals surface area contributed by atoms with Crippen molar-refractivity contribution in [1.29, 1.82) is 0 Å². The largest absolute Gasteiger partial charge is 0.313 e. The van der Waals surface area contributed by atoms with Crippen LogP contribution in [-0.2, 0) is 0 Å². The fourth-order valence-electron chi connectivity index (χ4n) is 3.38. The SMILES string of the molecule is C1=Nc2cccc3c2C=1CC1NCCCC31. The Labute approximate surface area is 95.1 Å². The first kappa shape index (κ1) is 8.74. The zero-order valence-electron chi connectivity index (χ0n) is 9.16. The normalized spacial score (nSPS) is 29.6. The first-order chi connectivity index (χ1) is 7.93. The van der Waals surface area contributed by atoms with E-state index < -0.39 is 0 Å². The van der Waals surface area contributed by atoms with Crippen LogP contribution in [0.2, 0.25) is 0 Å². The summed E-state index contributed by atoms with van der Waals surface area (Å²) in [6, 6.07) is 7.15. The molecule has 3 aliphatic rings. The van der Waals surface area contributed by atoms with Crippen LogP contribution in [0.25, 0.3) is 5.57 Å². The van der Waals surface area contributed by atoms with E-state index in [1.165, 1.54) is 36.1 Å². The Hall–Kier alpha value is -1.37. The highest BCUT2D eigenvalue weighted by molar-refractivity contribution is 6.01. The van der Waals surface area contributed by atoms with Crippen LogP contribution in [-0.4, -0.2) is 18.5 Å². The van der Waals surface area contributed by atoms with Gasteiger partial charge >= 0.3 is 0 Å². The van der Waals surface area contributed by atoms with E-state index >= 15 is 0 Å². The minimum atomic E-state index is 0.618. The molecule has 4 rings (SSSR count). The average molecular weight is 210 g/mol. The standard InChI is InChI=1S/C14H14N2/c1-3-11-10-4-2-6-15-13(10)7-9-8-16-12(5-1)14(9)11/h1,3,5,10,13,15H,2,4,6-7H2. The van der Waals surface area contributed by atoms with Gasteiger partial charge in [0.15, 0.2) is 0 Å². The predicted molar refractivity (Wildman–Crippen MR) is 65.3 cm³/mol. The number of benzene rings is 1. The van der Waals surface area contributed by atoms with Crippen LogP contribution in [0.1, 0.15) is 36.3 Å². The van der Waals surface area contributed by atoms with Crippen LogP contribution in [0.3, 0.4) is 0 Å². The summed E-state index contributed by atoms with van der Waals surface area (Å²) in [6.07, 6.45) is 3.73. The van der Waals surface area contributed by atoms with Crippen molar-refractivity contribution >= 4 is 17.1 Å². The van der Waals surface area contributed by atoms with E-state index in [9.17, 15) is 0 Å². The Morgan fingerprint density at radius 3 is 3.38 bits per heavy atom. The zero-order valence-corrected chi connectivity index (χ0v) is 9.16. The summed E-state index contributed by atoms with van der Waals surface area (Å²) in [7, 11) is 0. The second-order valence-electron chi connectivity index (χ2n) is 4.96. The number of nitrogens with zero attached hydrogens (tertiary/aromatic N) is 1. The van der Waals surface area contributed by atoms with Crippen molar-refractivity contribution in [3.8, 4) is 0 Å². The quantitative estimate of drug-likeness (QED) is 0.699. The molecule has 0 spiro atoms. The molecule has 0 bridgehead atoms. The molecule has 2 aliphatic heterocycles. The second-order valence-corrected chi connectivity index (χ2v) is 4.96. The molecule has 0 aromatic heterocycles. The molecule has 0 amide bonds. The topological polar surface area (TPSA) is 24.4 Å². The van der Waals surface area contributed by atoms with Gasteiger partial charge in [0.2, 0.25) is 0 Å². The number of rotatable bonds is 0. The van der Waals surface area contributed by atoms with Crippen molar-refractivity contribution in [3.05, 3.63) is 29.3 Å². The monoisotopic (exact) mass is 210 g/mol. The molecule has 2 unspecified atom stereocenters. The molecule has 1 aromatic rings. The molecular weight excluding hydrogens is 196 g/mol. The maximum Gasteiger partial charge on any atom is 0.0814 e. The number of aliphatic imine (C=N–C) groups is 1. The highest BCUT2D eigenvalue weighted by Gasteiger charge is 2.35. The minimum absolute atomic E-state index is 0.618. The first-order valence-corrected chi connectivity index (χ1v) is 6.13. The van der Waals surface area contributed by atoms with Crippen molar-refractivity contribution in [2.75, 3.05) is 6.54 Å². The molecule has 2 nitrogen and oxygen atoms in total. The molecule has 2 atom stereocenters. The third-order valence-corrected chi connectivity index (χ3v) is 4.10. The van der Waals surface area contributed by atoms with Gasteiger partial charge in [0.05, 0.1) is 5.69 Å². The lowest BCUT2D eigenvalue weighted by Gasteiger charge is -2.38. The van der Waals surface area contributed by atoms with E-state index in [2.05, 4.69) is 34.4 Å². The summed E-state index contributed by atoms with van der Waals surface area (Å²) in [4.78, 5) is 4.40. The van der Waals surface area contributed by atoms with Crippen molar-refractivity contribution in [2.24, 2.45) is 4.99 Å². The lowest BCUT2D eigenvalue weighted by molar-refractivity contribution is 0.349. The van der Waals surface area contributed by atoms with Crippen molar-refractivity contribution < 1.29 is 0 Å². The van der Waals surface area contributed by atoms with Crippen molar-refractivity contribution in [2.45, 2.75) is 31.2 Å². The van der Waals surface area contributed by atoms with Gasteiger partial charge in [0, 0.05) is 23.1 Å². The minimum Gasteiger partial charge on any atom is -0.313 e. The molecule has 80 valence electrons.